The standard InChI is InChI=1S/C10H10N4O2/c11-10-13(5-6-16-10)9(15)8-3-4-14(12-8)7-1-2-7/h3-7,11H,1-2H2. The van der Waals surface area contributed by atoms with Gasteiger partial charge in [-0.3, -0.25) is 14.9 Å². The smallest absolute Gasteiger partial charge is 0.301 e. The van der Waals surface area contributed by atoms with E-state index in [1.807, 2.05) is 0 Å². The highest BCUT2D eigenvalue weighted by atomic mass is 16.3. The van der Waals surface area contributed by atoms with Crippen LogP contribution in [0, 0.1) is 5.41 Å². The molecular formula is C10H10N4O2. The first-order chi connectivity index (χ1) is 7.75. The number of aromatic nitrogens is 3. The third kappa shape index (κ3) is 1.39. The van der Waals surface area contributed by atoms with E-state index >= 15 is 0 Å². The average molecular weight is 218 g/mol. The van der Waals surface area contributed by atoms with Crippen molar-refractivity contribution in [3.8, 4) is 0 Å². The van der Waals surface area contributed by atoms with Crippen molar-refractivity contribution in [3.63, 3.8) is 0 Å². The SMILES string of the molecule is N=c1occn1C(=O)c1ccn(C2CC2)n1. The summed E-state index contributed by atoms with van der Waals surface area (Å²) in [6.45, 7) is 0. The van der Waals surface area contributed by atoms with Crippen LogP contribution in [-0.4, -0.2) is 20.3 Å². The third-order valence-corrected chi connectivity index (χ3v) is 2.58. The number of rotatable bonds is 2. The van der Waals surface area contributed by atoms with E-state index in [2.05, 4.69) is 5.10 Å². The molecule has 6 heteroatoms. The first kappa shape index (κ1) is 9.14. The molecule has 0 aromatic carbocycles. The Kier molecular flexibility index (Phi) is 1.82. The van der Waals surface area contributed by atoms with Crippen LogP contribution in [-0.2, 0) is 0 Å². The molecule has 0 amide bonds. The van der Waals surface area contributed by atoms with Crippen molar-refractivity contribution in [1.29, 1.82) is 5.41 Å². The van der Waals surface area contributed by atoms with E-state index in [-0.39, 0.29) is 11.6 Å². The number of oxazole rings is 1. The van der Waals surface area contributed by atoms with Crippen LogP contribution in [0.4, 0.5) is 0 Å². The molecule has 16 heavy (non-hydrogen) atoms. The molecule has 0 spiro atoms. The Bertz CT molecular complexity index is 588. The van der Waals surface area contributed by atoms with E-state index in [9.17, 15) is 4.79 Å². The molecule has 2 aromatic rings. The number of nitrogens with one attached hydrogen (secondary N) is 1. The van der Waals surface area contributed by atoms with E-state index in [0.29, 0.717) is 11.7 Å². The summed E-state index contributed by atoms with van der Waals surface area (Å²) >= 11 is 0. The molecular weight excluding hydrogens is 208 g/mol. The number of hydrogen-bond donors (Lipinski definition) is 1. The van der Waals surface area contributed by atoms with Crippen molar-refractivity contribution in [1.82, 2.24) is 14.3 Å². The van der Waals surface area contributed by atoms with Gasteiger partial charge in [0.1, 0.15) is 6.26 Å². The van der Waals surface area contributed by atoms with Crippen molar-refractivity contribution < 1.29 is 9.21 Å². The second kappa shape index (κ2) is 3.19. The molecule has 1 fully saturated rings. The molecule has 0 unspecified atom stereocenters. The van der Waals surface area contributed by atoms with Gasteiger partial charge in [-0.15, -0.1) is 0 Å². The molecule has 82 valence electrons. The molecule has 1 saturated carbocycles. The lowest BCUT2D eigenvalue weighted by atomic mass is 10.4. The third-order valence-electron chi connectivity index (χ3n) is 2.58. The molecule has 1 aliphatic carbocycles. The van der Waals surface area contributed by atoms with Crippen LogP contribution in [0.15, 0.2) is 29.1 Å². The Morgan fingerprint density at radius 2 is 2.31 bits per heavy atom. The molecule has 1 aliphatic rings. The van der Waals surface area contributed by atoms with Gasteiger partial charge in [0.05, 0.1) is 12.2 Å². The molecule has 0 aliphatic heterocycles. The predicted octanol–water partition coefficient (Wildman–Crippen LogP) is 0.780. The van der Waals surface area contributed by atoms with Crippen molar-refractivity contribution >= 4 is 5.91 Å². The van der Waals surface area contributed by atoms with Crippen LogP contribution in [0.1, 0.15) is 29.4 Å². The van der Waals surface area contributed by atoms with E-state index in [0.717, 1.165) is 17.4 Å². The van der Waals surface area contributed by atoms with Gasteiger partial charge in [-0.05, 0) is 18.9 Å². The number of hydrogen-bond acceptors (Lipinski definition) is 4. The summed E-state index contributed by atoms with van der Waals surface area (Å²) in [5.74, 6) is -0.335. The molecule has 0 bridgehead atoms. The van der Waals surface area contributed by atoms with Gasteiger partial charge in [0.2, 0.25) is 0 Å². The van der Waals surface area contributed by atoms with Crippen LogP contribution < -0.4 is 5.68 Å². The van der Waals surface area contributed by atoms with Gasteiger partial charge in [-0.2, -0.15) is 5.10 Å². The molecule has 6 nitrogen and oxygen atoms in total. The quantitative estimate of drug-likeness (QED) is 0.809. The summed E-state index contributed by atoms with van der Waals surface area (Å²) in [7, 11) is 0. The first-order valence-electron chi connectivity index (χ1n) is 5.06. The lowest BCUT2D eigenvalue weighted by molar-refractivity contribution is 0.0944. The van der Waals surface area contributed by atoms with Crippen molar-refractivity contribution in [2.24, 2.45) is 0 Å². The van der Waals surface area contributed by atoms with Crippen LogP contribution in [0.5, 0.6) is 0 Å². The van der Waals surface area contributed by atoms with E-state index in [1.165, 1.54) is 12.5 Å². The largest absolute Gasteiger partial charge is 0.432 e. The Morgan fingerprint density at radius 3 is 2.94 bits per heavy atom. The Morgan fingerprint density at radius 1 is 1.50 bits per heavy atom. The van der Waals surface area contributed by atoms with Gasteiger partial charge in [0, 0.05) is 6.20 Å². The van der Waals surface area contributed by atoms with Gasteiger partial charge >= 0.3 is 5.68 Å². The van der Waals surface area contributed by atoms with Gasteiger partial charge in [0.25, 0.3) is 5.91 Å². The highest BCUT2D eigenvalue weighted by Crippen LogP contribution is 2.33. The summed E-state index contributed by atoms with van der Waals surface area (Å²) < 4.78 is 7.68. The number of carbonyl (C=O) groups excluding carboxylic acids is 1. The minimum atomic E-state index is -0.335. The second-order valence-corrected chi connectivity index (χ2v) is 3.80. The summed E-state index contributed by atoms with van der Waals surface area (Å²) in [6.07, 6.45) is 6.77. The normalized spacial score (nSPS) is 15.2. The summed E-state index contributed by atoms with van der Waals surface area (Å²) in [6, 6.07) is 2.12. The fourth-order valence-corrected chi connectivity index (χ4v) is 1.56. The van der Waals surface area contributed by atoms with Crippen LogP contribution in [0.3, 0.4) is 0 Å². The molecule has 0 atom stereocenters. The minimum Gasteiger partial charge on any atom is -0.432 e. The highest BCUT2D eigenvalue weighted by molar-refractivity contribution is 5.93. The van der Waals surface area contributed by atoms with E-state index in [4.69, 9.17) is 9.83 Å². The van der Waals surface area contributed by atoms with Crippen molar-refractivity contribution in [3.05, 3.63) is 36.1 Å². The fraction of sp³-hybridized carbons (Fsp3) is 0.300. The van der Waals surface area contributed by atoms with Crippen LogP contribution in [0.2, 0.25) is 0 Å². The monoisotopic (exact) mass is 218 g/mol. The molecule has 0 radical (unpaired) electrons. The molecule has 1 N–H and O–H groups in total. The van der Waals surface area contributed by atoms with Gasteiger partial charge < -0.3 is 4.42 Å². The maximum atomic E-state index is 11.9. The molecule has 3 rings (SSSR count). The second-order valence-electron chi connectivity index (χ2n) is 3.80. The Hall–Kier alpha value is -2.11. The van der Waals surface area contributed by atoms with Gasteiger partial charge in [-0.1, -0.05) is 0 Å². The van der Waals surface area contributed by atoms with Crippen LogP contribution in [0.25, 0.3) is 0 Å². The molecule has 0 saturated heterocycles. The maximum absolute atomic E-state index is 11.9. The fourth-order valence-electron chi connectivity index (χ4n) is 1.56. The average Bonchev–Trinajstić information content (AvgIpc) is 2.86. The summed E-state index contributed by atoms with van der Waals surface area (Å²) in [4.78, 5) is 11.9. The van der Waals surface area contributed by atoms with Crippen molar-refractivity contribution in [2.45, 2.75) is 18.9 Å². The predicted molar refractivity (Wildman–Crippen MR) is 52.8 cm³/mol. The van der Waals surface area contributed by atoms with Crippen LogP contribution >= 0.6 is 0 Å². The zero-order chi connectivity index (χ0) is 11.1. The lowest BCUT2D eigenvalue weighted by Gasteiger charge is -1.96. The number of nitrogens with zero attached hydrogens (tertiary/aromatic N) is 3. The first-order valence-corrected chi connectivity index (χ1v) is 5.06. The topological polar surface area (TPSA) is 76.8 Å². The zero-order valence-electron chi connectivity index (χ0n) is 8.46. The lowest BCUT2D eigenvalue weighted by Crippen LogP contribution is -2.23. The van der Waals surface area contributed by atoms with Gasteiger partial charge in [-0.25, -0.2) is 4.57 Å². The molecule has 2 heterocycles. The number of carbonyl (C=O) groups is 1. The summed E-state index contributed by atoms with van der Waals surface area (Å²) in [5.41, 5.74) is 0.151. The Labute approximate surface area is 90.6 Å². The maximum Gasteiger partial charge on any atom is 0.301 e. The highest BCUT2D eigenvalue weighted by Gasteiger charge is 2.25. The van der Waals surface area contributed by atoms with Crippen molar-refractivity contribution in [2.75, 3.05) is 0 Å². The zero-order valence-corrected chi connectivity index (χ0v) is 8.46. The Balaban J connectivity index is 1.94. The minimum absolute atomic E-state index is 0.189. The molecule has 2 aromatic heterocycles. The van der Waals surface area contributed by atoms with Gasteiger partial charge in [0.15, 0.2) is 5.69 Å². The van der Waals surface area contributed by atoms with E-state index < -0.39 is 0 Å². The summed E-state index contributed by atoms with van der Waals surface area (Å²) in [5, 5.41) is 11.6. The van der Waals surface area contributed by atoms with E-state index in [1.54, 1.807) is 16.9 Å².